The van der Waals surface area contributed by atoms with Crippen molar-refractivity contribution in [1.29, 1.82) is 0 Å². The molecule has 1 rings (SSSR count). The molecule has 0 bridgehead atoms. The number of rotatable bonds is 10. The molecule has 0 aromatic rings. The van der Waals surface area contributed by atoms with Crippen LogP contribution in [0.5, 0.6) is 0 Å². The van der Waals surface area contributed by atoms with E-state index in [4.69, 9.17) is 4.74 Å². The highest BCUT2D eigenvalue weighted by Gasteiger charge is 2.13. The van der Waals surface area contributed by atoms with Crippen molar-refractivity contribution >= 4 is 5.96 Å². The summed E-state index contributed by atoms with van der Waals surface area (Å²) in [4.78, 5) is 6.52. The maximum absolute atomic E-state index is 5.07. The molecule has 0 saturated heterocycles. The van der Waals surface area contributed by atoms with Gasteiger partial charge < -0.3 is 20.3 Å². The minimum atomic E-state index is 0.782. The second-order valence-corrected chi connectivity index (χ2v) is 6.01. The van der Waals surface area contributed by atoms with Crippen molar-refractivity contribution in [2.75, 3.05) is 54.0 Å². The highest BCUT2D eigenvalue weighted by Crippen LogP contribution is 2.28. The van der Waals surface area contributed by atoms with Crippen LogP contribution in [-0.4, -0.2) is 64.9 Å². The maximum atomic E-state index is 5.07. The maximum Gasteiger partial charge on any atom is 0.191 e. The Hall–Kier alpha value is -0.810. The van der Waals surface area contributed by atoms with Crippen LogP contribution in [0.25, 0.3) is 0 Å². The van der Waals surface area contributed by atoms with Gasteiger partial charge >= 0.3 is 0 Å². The van der Waals surface area contributed by atoms with Gasteiger partial charge in [0, 0.05) is 40.3 Å². The quantitative estimate of drug-likeness (QED) is 0.366. The van der Waals surface area contributed by atoms with Gasteiger partial charge in [-0.2, -0.15) is 0 Å². The molecule has 5 heteroatoms. The van der Waals surface area contributed by atoms with Gasteiger partial charge in [0.15, 0.2) is 5.96 Å². The number of hydrogen-bond donors (Lipinski definition) is 2. The summed E-state index contributed by atoms with van der Waals surface area (Å²) in [6.45, 7) is 4.67. The van der Waals surface area contributed by atoms with Crippen molar-refractivity contribution in [2.24, 2.45) is 10.9 Å². The van der Waals surface area contributed by atoms with Gasteiger partial charge in [0.25, 0.3) is 0 Å². The van der Waals surface area contributed by atoms with Crippen LogP contribution in [0.4, 0.5) is 0 Å². The molecule has 1 saturated carbocycles. The van der Waals surface area contributed by atoms with Crippen molar-refractivity contribution in [1.82, 2.24) is 15.5 Å². The lowest BCUT2D eigenvalue weighted by atomic mass is 10.0. The summed E-state index contributed by atoms with van der Waals surface area (Å²) in [7, 11) is 5.68. The Morgan fingerprint density at radius 2 is 1.90 bits per heavy atom. The van der Waals surface area contributed by atoms with Gasteiger partial charge in [-0.15, -0.1) is 0 Å². The van der Waals surface area contributed by atoms with E-state index in [1.165, 1.54) is 38.5 Å². The second kappa shape index (κ2) is 11.8. The lowest BCUT2D eigenvalue weighted by Crippen LogP contribution is -2.41. The predicted octanol–water partition coefficient (Wildman–Crippen LogP) is 1.70. The smallest absolute Gasteiger partial charge is 0.191 e. The number of ether oxygens (including phenoxy) is 1. The zero-order valence-electron chi connectivity index (χ0n) is 14.2. The van der Waals surface area contributed by atoms with E-state index in [9.17, 15) is 0 Å². The molecule has 0 aromatic heterocycles. The van der Waals surface area contributed by atoms with E-state index < -0.39 is 0 Å². The second-order valence-electron chi connectivity index (χ2n) is 6.01. The molecule has 0 atom stereocenters. The van der Waals surface area contributed by atoms with Crippen molar-refractivity contribution < 1.29 is 4.74 Å². The van der Waals surface area contributed by atoms with Crippen LogP contribution in [0, 0.1) is 5.92 Å². The number of nitrogens with zero attached hydrogens (tertiary/aromatic N) is 2. The molecular weight excluding hydrogens is 264 g/mol. The Bertz CT molecular complexity index is 277. The van der Waals surface area contributed by atoms with E-state index in [1.807, 2.05) is 7.05 Å². The molecule has 1 aliphatic carbocycles. The molecule has 0 aliphatic heterocycles. The summed E-state index contributed by atoms with van der Waals surface area (Å²) in [6, 6.07) is 0. The first-order chi connectivity index (χ1) is 10.3. The monoisotopic (exact) mass is 298 g/mol. The number of hydrogen-bond acceptors (Lipinski definition) is 3. The van der Waals surface area contributed by atoms with Crippen LogP contribution in [0.15, 0.2) is 4.99 Å². The Morgan fingerprint density at radius 1 is 1.19 bits per heavy atom. The minimum absolute atomic E-state index is 0.782. The highest BCUT2D eigenvalue weighted by atomic mass is 16.5. The average Bonchev–Trinajstić information content (AvgIpc) is 3.00. The third-order valence-electron chi connectivity index (χ3n) is 4.24. The van der Waals surface area contributed by atoms with E-state index in [-0.39, 0.29) is 0 Å². The summed E-state index contributed by atoms with van der Waals surface area (Å²) in [6.07, 6.45) is 8.39. The van der Waals surface area contributed by atoms with Gasteiger partial charge in [0.2, 0.25) is 0 Å². The molecule has 0 unspecified atom stereocenters. The lowest BCUT2D eigenvalue weighted by Gasteiger charge is -2.18. The zero-order valence-corrected chi connectivity index (χ0v) is 14.2. The molecule has 124 valence electrons. The Morgan fingerprint density at radius 3 is 2.57 bits per heavy atom. The molecule has 0 radical (unpaired) electrons. The minimum Gasteiger partial charge on any atom is -0.383 e. The molecule has 21 heavy (non-hydrogen) atoms. The van der Waals surface area contributed by atoms with Gasteiger partial charge in [-0.3, -0.25) is 4.99 Å². The largest absolute Gasteiger partial charge is 0.383 e. The molecule has 0 amide bonds. The molecule has 1 fully saturated rings. The number of likely N-dealkylation sites (N-methyl/N-ethyl adjacent to an activating group) is 1. The number of methoxy groups -OCH3 is 1. The third kappa shape index (κ3) is 8.94. The van der Waals surface area contributed by atoms with E-state index >= 15 is 0 Å². The van der Waals surface area contributed by atoms with Gasteiger partial charge in [-0.05, 0) is 25.8 Å². The van der Waals surface area contributed by atoms with Crippen LogP contribution in [0.2, 0.25) is 0 Å². The number of nitrogens with one attached hydrogen (secondary N) is 2. The summed E-state index contributed by atoms with van der Waals surface area (Å²) < 4.78 is 5.07. The van der Waals surface area contributed by atoms with Crippen molar-refractivity contribution in [3.05, 3.63) is 0 Å². The van der Waals surface area contributed by atoms with Crippen LogP contribution < -0.4 is 10.6 Å². The Kier molecular flexibility index (Phi) is 10.3. The lowest BCUT2D eigenvalue weighted by molar-refractivity contribution is 0.162. The van der Waals surface area contributed by atoms with Crippen molar-refractivity contribution in [3.8, 4) is 0 Å². The molecule has 0 aromatic carbocycles. The molecular formula is C16H34N4O. The zero-order chi connectivity index (χ0) is 15.3. The predicted molar refractivity (Wildman–Crippen MR) is 89.9 cm³/mol. The van der Waals surface area contributed by atoms with Gasteiger partial charge in [0.1, 0.15) is 0 Å². The Balaban J connectivity index is 2.00. The van der Waals surface area contributed by atoms with Gasteiger partial charge in [-0.25, -0.2) is 0 Å². The van der Waals surface area contributed by atoms with Crippen LogP contribution >= 0.6 is 0 Å². The van der Waals surface area contributed by atoms with Gasteiger partial charge in [0.05, 0.1) is 6.61 Å². The van der Waals surface area contributed by atoms with E-state index in [0.29, 0.717) is 0 Å². The number of guanidine groups is 1. The highest BCUT2D eigenvalue weighted by molar-refractivity contribution is 5.79. The first-order valence-corrected chi connectivity index (χ1v) is 8.38. The SMILES string of the molecule is CN=C(NCCCC1CCCC1)NCCN(C)CCOC. The summed E-state index contributed by atoms with van der Waals surface area (Å²) in [5.74, 6) is 1.90. The third-order valence-corrected chi connectivity index (χ3v) is 4.24. The van der Waals surface area contributed by atoms with Crippen molar-refractivity contribution in [2.45, 2.75) is 38.5 Å². The first kappa shape index (κ1) is 18.2. The fraction of sp³-hybridized carbons (Fsp3) is 0.938. The first-order valence-electron chi connectivity index (χ1n) is 8.38. The summed E-state index contributed by atoms with van der Waals surface area (Å²) >= 11 is 0. The van der Waals surface area contributed by atoms with E-state index in [1.54, 1.807) is 7.11 Å². The summed E-state index contributed by atoms with van der Waals surface area (Å²) in [5, 5.41) is 6.77. The fourth-order valence-electron chi connectivity index (χ4n) is 2.84. The molecule has 5 nitrogen and oxygen atoms in total. The van der Waals surface area contributed by atoms with Crippen molar-refractivity contribution in [3.63, 3.8) is 0 Å². The van der Waals surface area contributed by atoms with E-state index in [2.05, 4.69) is 27.6 Å². The normalized spacial score (nSPS) is 16.7. The van der Waals surface area contributed by atoms with Crippen LogP contribution in [0.3, 0.4) is 0 Å². The van der Waals surface area contributed by atoms with Crippen LogP contribution in [0.1, 0.15) is 38.5 Å². The topological polar surface area (TPSA) is 48.9 Å². The molecule has 0 heterocycles. The average molecular weight is 298 g/mol. The summed E-state index contributed by atoms with van der Waals surface area (Å²) in [5.41, 5.74) is 0. The molecule has 1 aliphatic rings. The van der Waals surface area contributed by atoms with Gasteiger partial charge in [-0.1, -0.05) is 25.7 Å². The molecule has 0 spiro atoms. The van der Waals surface area contributed by atoms with E-state index in [0.717, 1.165) is 44.7 Å². The van der Waals surface area contributed by atoms with Crippen LogP contribution in [-0.2, 0) is 4.74 Å². The number of aliphatic imine (C=N–C) groups is 1. The standard InChI is InChI=1S/C16H34N4O/c1-17-16(19-11-12-20(2)13-14-21-3)18-10-6-9-15-7-4-5-8-15/h15H,4-14H2,1-3H3,(H2,17,18,19). The fourth-order valence-corrected chi connectivity index (χ4v) is 2.84. The Labute approximate surface area is 130 Å². The molecule has 2 N–H and O–H groups in total.